The number of hydrogen-bond donors (Lipinski definition) is 1. The first-order valence-electron chi connectivity index (χ1n) is 6.15. The van der Waals surface area contributed by atoms with Crippen molar-refractivity contribution in [3.63, 3.8) is 0 Å². The second-order valence-corrected chi connectivity index (χ2v) is 4.53. The number of Topliss-reactive ketones (excluding diaryl/α,β-unsaturated/α-hetero) is 1. The molecule has 1 fully saturated rings. The first-order valence-corrected chi connectivity index (χ1v) is 6.15. The molecule has 0 bridgehead atoms. The molecule has 0 atom stereocenters. The molecule has 0 heterocycles. The van der Waals surface area contributed by atoms with Crippen LogP contribution in [0.2, 0.25) is 0 Å². The van der Waals surface area contributed by atoms with E-state index in [1.807, 2.05) is 12.1 Å². The van der Waals surface area contributed by atoms with Crippen LogP contribution in [-0.2, 0) is 6.42 Å². The fourth-order valence-electron chi connectivity index (χ4n) is 1.77. The number of carbonyl (C=O) groups is 1. The fourth-order valence-corrected chi connectivity index (χ4v) is 1.77. The maximum atomic E-state index is 11.8. The van der Waals surface area contributed by atoms with Crippen molar-refractivity contribution in [3.05, 3.63) is 35.4 Å². The summed E-state index contributed by atoms with van der Waals surface area (Å²) in [7, 11) is 0. The number of nitrogens with one attached hydrogen (secondary N) is 1. The van der Waals surface area contributed by atoms with Crippen LogP contribution in [0.15, 0.2) is 24.3 Å². The first kappa shape index (κ1) is 11.3. The van der Waals surface area contributed by atoms with Crippen LogP contribution in [0.3, 0.4) is 0 Å². The van der Waals surface area contributed by atoms with Crippen molar-refractivity contribution in [2.45, 2.75) is 38.6 Å². The third-order valence-corrected chi connectivity index (χ3v) is 2.94. The minimum Gasteiger partial charge on any atom is -0.307 e. The predicted octanol–water partition coefficient (Wildman–Crippen LogP) is 2.57. The third-order valence-electron chi connectivity index (χ3n) is 2.94. The highest BCUT2D eigenvalue weighted by molar-refractivity contribution is 5.97. The Bertz CT molecular complexity index is 352. The lowest BCUT2D eigenvalue weighted by Gasteiger charge is -2.04. The van der Waals surface area contributed by atoms with Crippen molar-refractivity contribution >= 4 is 5.78 Å². The van der Waals surface area contributed by atoms with E-state index in [1.54, 1.807) is 0 Å². The monoisotopic (exact) mass is 217 g/mol. The normalized spacial score (nSPS) is 15.1. The van der Waals surface area contributed by atoms with Crippen LogP contribution in [0.5, 0.6) is 0 Å². The van der Waals surface area contributed by atoms with Gasteiger partial charge in [0.2, 0.25) is 0 Å². The third kappa shape index (κ3) is 3.17. The summed E-state index contributed by atoms with van der Waals surface area (Å²) in [6, 6.07) is 8.62. The van der Waals surface area contributed by atoms with E-state index < -0.39 is 0 Å². The molecular formula is C14H19NO. The zero-order valence-corrected chi connectivity index (χ0v) is 9.83. The van der Waals surface area contributed by atoms with Crippen LogP contribution in [0.4, 0.5) is 0 Å². The zero-order valence-electron chi connectivity index (χ0n) is 9.83. The molecule has 1 aliphatic carbocycles. The van der Waals surface area contributed by atoms with Crippen molar-refractivity contribution < 1.29 is 4.79 Å². The number of benzene rings is 1. The molecular weight excluding hydrogens is 198 g/mol. The Kier molecular flexibility index (Phi) is 3.73. The van der Waals surface area contributed by atoms with Gasteiger partial charge in [0.25, 0.3) is 0 Å². The average molecular weight is 217 g/mol. The van der Waals surface area contributed by atoms with E-state index >= 15 is 0 Å². The molecule has 0 unspecified atom stereocenters. The smallest absolute Gasteiger partial charge is 0.176 e. The first-order chi connectivity index (χ1) is 7.79. The topological polar surface area (TPSA) is 29.1 Å². The number of aryl methyl sites for hydroxylation is 1. The van der Waals surface area contributed by atoms with Crippen LogP contribution in [0, 0.1) is 0 Å². The van der Waals surface area contributed by atoms with Crippen molar-refractivity contribution in [2.75, 3.05) is 6.54 Å². The highest BCUT2D eigenvalue weighted by Gasteiger charge is 2.21. The molecule has 0 radical (unpaired) electrons. The Morgan fingerprint density at radius 1 is 1.31 bits per heavy atom. The van der Waals surface area contributed by atoms with Crippen LogP contribution in [0.1, 0.15) is 42.1 Å². The Balaban J connectivity index is 1.88. The largest absolute Gasteiger partial charge is 0.307 e. The van der Waals surface area contributed by atoms with Gasteiger partial charge in [0.05, 0.1) is 6.54 Å². The van der Waals surface area contributed by atoms with Gasteiger partial charge in [0.15, 0.2) is 5.78 Å². The van der Waals surface area contributed by atoms with Gasteiger partial charge in [-0.2, -0.15) is 0 Å². The Labute approximate surface area is 97.1 Å². The molecule has 2 rings (SSSR count). The Morgan fingerprint density at radius 3 is 2.56 bits per heavy atom. The SMILES string of the molecule is CCCc1ccc(C(=O)CNC2CC2)cc1. The summed E-state index contributed by atoms with van der Waals surface area (Å²) in [6.45, 7) is 2.65. The van der Waals surface area contributed by atoms with Crippen molar-refractivity contribution in [3.8, 4) is 0 Å². The minimum atomic E-state index is 0.204. The lowest BCUT2D eigenvalue weighted by molar-refractivity contribution is 0.0990. The molecule has 0 amide bonds. The summed E-state index contributed by atoms with van der Waals surface area (Å²) in [4.78, 5) is 11.8. The summed E-state index contributed by atoms with van der Waals surface area (Å²) in [5.74, 6) is 0.204. The van der Waals surface area contributed by atoms with Gasteiger partial charge in [0, 0.05) is 11.6 Å². The molecule has 86 valence electrons. The van der Waals surface area contributed by atoms with Crippen LogP contribution >= 0.6 is 0 Å². The van der Waals surface area contributed by atoms with E-state index in [0.29, 0.717) is 12.6 Å². The lowest BCUT2D eigenvalue weighted by Crippen LogP contribution is -2.24. The van der Waals surface area contributed by atoms with Gasteiger partial charge in [-0.1, -0.05) is 37.6 Å². The van der Waals surface area contributed by atoms with Crippen molar-refractivity contribution in [1.82, 2.24) is 5.32 Å². The summed E-state index contributed by atoms with van der Waals surface area (Å²) in [6.07, 6.45) is 4.69. The van der Waals surface area contributed by atoms with Crippen LogP contribution in [-0.4, -0.2) is 18.4 Å². The molecule has 1 aromatic rings. The summed E-state index contributed by atoms with van der Waals surface area (Å²) < 4.78 is 0. The quantitative estimate of drug-likeness (QED) is 0.742. The second-order valence-electron chi connectivity index (χ2n) is 4.53. The molecule has 1 N–H and O–H groups in total. The van der Waals surface area contributed by atoms with E-state index in [1.165, 1.54) is 18.4 Å². The van der Waals surface area contributed by atoms with Crippen molar-refractivity contribution in [1.29, 1.82) is 0 Å². The molecule has 0 saturated heterocycles. The summed E-state index contributed by atoms with van der Waals surface area (Å²) in [5.41, 5.74) is 2.14. The lowest BCUT2D eigenvalue weighted by atomic mass is 10.1. The van der Waals surface area contributed by atoms with Gasteiger partial charge in [-0.3, -0.25) is 4.79 Å². The standard InChI is InChI=1S/C14H19NO/c1-2-3-11-4-6-12(7-5-11)14(16)10-15-13-8-9-13/h4-7,13,15H,2-3,8-10H2,1H3. The van der Waals surface area contributed by atoms with E-state index in [2.05, 4.69) is 24.4 Å². The van der Waals surface area contributed by atoms with Crippen molar-refractivity contribution in [2.24, 2.45) is 0 Å². The molecule has 16 heavy (non-hydrogen) atoms. The van der Waals surface area contributed by atoms with Gasteiger partial charge in [-0.15, -0.1) is 0 Å². The Hall–Kier alpha value is -1.15. The molecule has 1 aliphatic rings. The summed E-state index contributed by atoms with van der Waals surface area (Å²) >= 11 is 0. The molecule has 2 heteroatoms. The molecule has 0 spiro atoms. The zero-order chi connectivity index (χ0) is 11.4. The maximum Gasteiger partial charge on any atom is 0.176 e. The average Bonchev–Trinajstić information content (AvgIpc) is 3.11. The van der Waals surface area contributed by atoms with E-state index in [9.17, 15) is 4.79 Å². The molecule has 1 saturated carbocycles. The van der Waals surface area contributed by atoms with Gasteiger partial charge in [0.1, 0.15) is 0 Å². The summed E-state index contributed by atoms with van der Waals surface area (Å²) in [5, 5.41) is 3.25. The number of ketones is 1. The molecule has 2 nitrogen and oxygen atoms in total. The van der Waals surface area contributed by atoms with E-state index in [4.69, 9.17) is 0 Å². The fraction of sp³-hybridized carbons (Fsp3) is 0.500. The van der Waals surface area contributed by atoms with E-state index in [0.717, 1.165) is 18.4 Å². The maximum absolute atomic E-state index is 11.8. The van der Waals surface area contributed by atoms with Gasteiger partial charge in [-0.25, -0.2) is 0 Å². The van der Waals surface area contributed by atoms with Crippen LogP contribution in [0.25, 0.3) is 0 Å². The minimum absolute atomic E-state index is 0.204. The Morgan fingerprint density at radius 2 is 2.00 bits per heavy atom. The van der Waals surface area contributed by atoms with Crippen LogP contribution < -0.4 is 5.32 Å². The van der Waals surface area contributed by atoms with Gasteiger partial charge in [-0.05, 0) is 24.8 Å². The molecule has 0 aliphatic heterocycles. The predicted molar refractivity (Wildman–Crippen MR) is 65.8 cm³/mol. The highest BCUT2D eigenvalue weighted by Crippen LogP contribution is 2.18. The van der Waals surface area contributed by atoms with E-state index in [-0.39, 0.29) is 5.78 Å². The second kappa shape index (κ2) is 5.26. The molecule has 0 aromatic heterocycles. The number of carbonyl (C=O) groups excluding carboxylic acids is 1. The van der Waals surface area contributed by atoms with Gasteiger partial charge >= 0.3 is 0 Å². The highest BCUT2D eigenvalue weighted by atomic mass is 16.1. The molecule has 1 aromatic carbocycles. The van der Waals surface area contributed by atoms with Gasteiger partial charge < -0.3 is 5.32 Å². The number of rotatable bonds is 6. The number of hydrogen-bond acceptors (Lipinski definition) is 2.